The van der Waals surface area contributed by atoms with E-state index >= 15 is 0 Å². The van der Waals surface area contributed by atoms with E-state index in [4.69, 9.17) is 21.1 Å². The predicted octanol–water partition coefficient (Wildman–Crippen LogP) is 5.31. The van der Waals surface area contributed by atoms with Crippen LogP contribution in [-0.4, -0.2) is 11.8 Å². The van der Waals surface area contributed by atoms with Crippen LogP contribution in [-0.2, 0) is 0 Å². The predicted molar refractivity (Wildman–Crippen MR) is 102 cm³/mol. The summed E-state index contributed by atoms with van der Waals surface area (Å²) < 4.78 is 24.5. The smallest absolute Gasteiger partial charge is 0.346 e. The molecule has 0 aliphatic carbocycles. The van der Waals surface area contributed by atoms with E-state index in [-0.39, 0.29) is 28.6 Å². The second kappa shape index (κ2) is 7.29. The van der Waals surface area contributed by atoms with Crippen molar-refractivity contribution in [3.63, 3.8) is 0 Å². The summed E-state index contributed by atoms with van der Waals surface area (Å²) in [4.78, 5) is 24.6. The van der Waals surface area contributed by atoms with Crippen molar-refractivity contribution in [1.29, 1.82) is 0 Å². The molecule has 0 atom stereocenters. The SMILES string of the molecule is O=C(Oc1ccc2c(c1)OC(=Cc1ccc(Cl)cc1)C2=O)c1ccccc1F. The number of carbonyl (C=O) groups is 2. The fourth-order valence-corrected chi connectivity index (χ4v) is 2.86. The van der Waals surface area contributed by atoms with Gasteiger partial charge in [-0.2, -0.15) is 0 Å². The molecule has 0 saturated carbocycles. The molecular weight excluding hydrogens is 383 g/mol. The Bertz CT molecular complexity index is 1120. The van der Waals surface area contributed by atoms with Gasteiger partial charge in [0, 0.05) is 11.1 Å². The molecule has 4 rings (SSSR count). The molecule has 3 aromatic carbocycles. The van der Waals surface area contributed by atoms with Crippen molar-refractivity contribution >= 4 is 29.4 Å². The van der Waals surface area contributed by atoms with E-state index in [0.717, 1.165) is 5.56 Å². The molecule has 0 aromatic heterocycles. The van der Waals surface area contributed by atoms with Crippen LogP contribution in [0.3, 0.4) is 0 Å². The third-order valence-electron chi connectivity index (χ3n) is 4.11. The Kier molecular flexibility index (Phi) is 4.67. The molecule has 1 heterocycles. The monoisotopic (exact) mass is 394 g/mol. The van der Waals surface area contributed by atoms with Crippen molar-refractivity contribution < 1.29 is 23.5 Å². The minimum Gasteiger partial charge on any atom is -0.452 e. The quantitative estimate of drug-likeness (QED) is 0.343. The normalized spacial score (nSPS) is 13.9. The van der Waals surface area contributed by atoms with Crippen LogP contribution >= 0.6 is 11.6 Å². The lowest BCUT2D eigenvalue weighted by Crippen LogP contribution is -2.10. The summed E-state index contributed by atoms with van der Waals surface area (Å²) in [5, 5.41) is 0.588. The summed E-state index contributed by atoms with van der Waals surface area (Å²) in [6.45, 7) is 0. The van der Waals surface area contributed by atoms with Crippen LogP contribution in [0.2, 0.25) is 5.02 Å². The maximum absolute atomic E-state index is 13.7. The molecule has 4 nitrogen and oxygen atoms in total. The van der Waals surface area contributed by atoms with Crippen LogP contribution in [0.4, 0.5) is 4.39 Å². The van der Waals surface area contributed by atoms with E-state index in [1.807, 2.05) is 0 Å². The van der Waals surface area contributed by atoms with E-state index < -0.39 is 11.8 Å². The molecule has 28 heavy (non-hydrogen) atoms. The number of Topliss-reactive ketones (excluding diaryl/α,β-unsaturated/α-hetero) is 1. The number of halogens is 2. The van der Waals surface area contributed by atoms with E-state index in [1.54, 1.807) is 30.3 Å². The van der Waals surface area contributed by atoms with Gasteiger partial charge in [-0.05, 0) is 48.0 Å². The Labute approximate surface area is 164 Å². The Morgan fingerprint density at radius 1 is 1.04 bits per heavy atom. The van der Waals surface area contributed by atoms with Crippen LogP contribution in [0.5, 0.6) is 11.5 Å². The molecule has 0 N–H and O–H groups in total. The second-order valence-electron chi connectivity index (χ2n) is 6.02. The van der Waals surface area contributed by atoms with Gasteiger partial charge in [0.2, 0.25) is 5.78 Å². The number of hydrogen-bond donors (Lipinski definition) is 0. The average molecular weight is 395 g/mol. The van der Waals surface area contributed by atoms with Gasteiger partial charge < -0.3 is 9.47 Å². The summed E-state index contributed by atoms with van der Waals surface area (Å²) in [7, 11) is 0. The maximum Gasteiger partial charge on any atom is 0.346 e. The Hall–Kier alpha value is -3.44. The molecule has 0 unspecified atom stereocenters. The van der Waals surface area contributed by atoms with Gasteiger partial charge >= 0.3 is 5.97 Å². The zero-order valence-corrected chi connectivity index (χ0v) is 15.1. The third kappa shape index (κ3) is 3.52. The highest BCUT2D eigenvalue weighted by molar-refractivity contribution is 6.30. The first-order valence-electron chi connectivity index (χ1n) is 8.32. The van der Waals surface area contributed by atoms with Crippen molar-refractivity contribution in [2.24, 2.45) is 0 Å². The minimum absolute atomic E-state index is 0.146. The van der Waals surface area contributed by atoms with E-state index in [0.29, 0.717) is 10.6 Å². The van der Waals surface area contributed by atoms with E-state index in [1.165, 1.54) is 42.5 Å². The highest BCUT2D eigenvalue weighted by atomic mass is 35.5. The lowest BCUT2D eigenvalue weighted by atomic mass is 10.1. The van der Waals surface area contributed by atoms with Crippen molar-refractivity contribution in [2.45, 2.75) is 0 Å². The highest BCUT2D eigenvalue weighted by Gasteiger charge is 2.28. The number of carbonyl (C=O) groups excluding carboxylic acids is 2. The van der Waals surface area contributed by atoms with Crippen LogP contribution in [0.25, 0.3) is 6.08 Å². The van der Waals surface area contributed by atoms with Gasteiger partial charge in [0.05, 0.1) is 11.1 Å². The summed E-state index contributed by atoms with van der Waals surface area (Å²) in [6, 6.07) is 16.9. The summed E-state index contributed by atoms with van der Waals surface area (Å²) in [5.74, 6) is -1.23. The molecule has 6 heteroatoms. The number of fused-ring (bicyclic) bond motifs is 1. The topological polar surface area (TPSA) is 52.6 Å². The van der Waals surface area contributed by atoms with Crippen LogP contribution < -0.4 is 9.47 Å². The first-order chi connectivity index (χ1) is 13.5. The summed E-state index contributed by atoms with van der Waals surface area (Å²) in [6.07, 6.45) is 1.60. The van der Waals surface area contributed by atoms with E-state index in [2.05, 4.69) is 0 Å². The zero-order valence-electron chi connectivity index (χ0n) is 14.3. The summed E-state index contributed by atoms with van der Waals surface area (Å²) >= 11 is 5.86. The largest absolute Gasteiger partial charge is 0.452 e. The maximum atomic E-state index is 13.7. The molecule has 1 aliphatic rings. The molecule has 138 valence electrons. The zero-order chi connectivity index (χ0) is 19.7. The number of ether oxygens (including phenoxy) is 2. The number of benzene rings is 3. The number of esters is 1. The number of allylic oxidation sites excluding steroid dienone is 1. The standard InChI is InChI=1S/C22H12ClFO4/c23-14-7-5-13(6-8-14)11-20-21(25)17-10-9-15(12-19(17)28-20)27-22(26)16-3-1-2-4-18(16)24/h1-12H. The fourth-order valence-electron chi connectivity index (χ4n) is 2.73. The minimum atomic E-state index is -0.834. The van der Waals surface area contributed by atoms with Crippen molar-refractivity contribution in [3.05, 3.63) is 100 Å². The Morgan fingerprint density at radius 2 is 1.79 bits per heavy atom. The lowest BCUT2D eigenvalue weighted by Gasteiger charge is -2.06. The molecule has 0 radical (unpaired) electrons. The molecule has 0 bridgehead atoms. The Morgan fingerprint density at radius 3 is 2.54 bits per heavy atom. The van der Waals surface area contributed by atoms with Gasteiger partial charge in [0.1, 0.15) is 17.3 Å². The van der Waals surface area contributed by atoms with Gasteiger partial charge in [0.25, 0.3) is 0 Å². The van der Waals surface area contributed by atoms with Gasteiger partial charge in [-0.15, -0.1) is 0 Å². The average Bonchev–Trinajstić information content (AvgIpc) is 2.99. The second-order valence-corrected chi connectivity index (χ2v) is 6.46. The lowest BCUT2D eigenvalue weighted by molar-refractivity contribution is 0.0729. The van der Waals surface area contributed by atoms with Gasteiger partial charge in [0.15, 0.2) is 5.76 Å². The molecule has 1 aliphatic heterocycles. The first-order valence-corrected chi connectivity index (χ1v) is 8.69. The van der Waals surface area contributed by atoms with Crippen LogP contribution in [0.1, 0.15) is 26.3 Å². The number of hydrogen-bond acceptors (Lipinski definition) is 4. The van der Waals surface area contributed by atoms with Crippen molar-refractivity contribution in [1.82, 2.24) is 0 Å². The van der Waals surface area contributed by atoms with Gasteiger partial charge in [-0.1, -0.05) is 35.9 Å². The fraction of sp³-hybridized carbons (Fsp3) is 0. The molecule has 0 saturated heterocycles. The molecule has 0 amide bonds. The number of rotatable bonds is 3. The highest BCUT2D eigenvalue weighted by Crippen LogP contribution is 2.35. The van der Waals surface area contributed by atoms with Gasteiger partial charge in [-0.25, -0.2) is 9.18 Å². The summed E-state index contributed by atoms with van der Waals surface area (Å²) in [5.41, 5.74) is 0.931. The Balaban J connectivity index is 1.56. The van der Waals surface area contributed by atoms with Crippen LogP contribution in [0.15, 0.2) is 72.5 Å². The van der Waals surface area contributed by atoms with Crippen molar-refractivity contribution in [3.8, 4) is 11.5 Å². The van der Waals surface area contributed by atoms with E-state index in [9.17, 15) is 14.0 Å². The van der Waals surface area contributed by atoms with Crippen molar-refractivity contribution in [2.75, 3.05) is 0 Å². The van der Waals surface area contributed by atoms with Gasteiger partial charge in [-0.3, -0.25) is 4.79 Å². The van der Waals surface area contributed by atoms with Crippen LogP contribution in [0, 0.1) is 5.82 Å². The molecule has 0 fully saturated rings. The number of ketones is 1. The third-order valence-corrected chi connectivity index (χ3v) is 4.37. The first kappa shape index (κ1) is 17.9. The molecule has 0 spiro atoms. The molecular formula is C22H12ClFO4. The molecule has 3 aromatic rings.